The maximum Gasteiger partial charge on any atom is 0.216 e. The number of nitriles is 1. The van der Waals surface area contributed by atoms with Crippen molar-refractivity contribution in [1.29, 1.82) is 5.26 Å². The Morgan fingerprint density at radius 1 is 1.64 bits per heavy atom. The molecule has 0 saturated carbocycles. The van der Waals surface area contributed by atoms with Gasteiger partial charge in [-0.05, 0) is 30.0 Å². The summed E-state index contributed by atoms with van der Waals surface area (Å²) in [5.74, 6) is -0.393. The number of nitrogens with one attached hydrogen (secondary N) is 1. The van der Waals surface area contributed by atoms with Crippen LogP contribution in [0.15, 0.2) is 23.1 Å². The number of carbonyl (C=O) groups is 1. The van der Waals surface area contributed by atoms with E-state index in [1.807, 2.05) is 16.4 Å². The molecule has 1 fully saturated rings. The molecule has 0 radical (unpaired) electrons. The van der Waals surface area contributed by atoms with Crippen LogP contribution < -0.4 is 10.2 Å². The number of hydrogen-bond donors (Lipinski definition) is 1. The highest BCUT2D eigenvalue weighted by Crippen LogP contribution is 2.29. The Balaban J connectivity index is 1.92. The summed E-state index contributed by atoms with van der Waals surface area (Å²) in [4.78, 5) is 13.3. The smallest absolute Gasteiger partial charge is 0.216 e. The van der Waals surface area contributed by atoms with Gasteiger partial charge in [-0.25, -0.2) is 4.39 Å². The Bertz CT molecular complexity index is 580. The fourth-order valence-electron chi connectivity index (χ4n) is 2.03. The van der Waals surface area contributed by atoms with E-state index in [2.05, 4.69) is 5.32 Å². The second kappa shape index (κ2) is 8.27. The van der Waals surface area contributed by atoms with Crippen molar-refractivity contribution in [3.05, 3.63) is 24.0 Å². The predicted molar refractivity (Wildman–Crippen MR) is 86.1 cm³/mol. The quantitative estimate of drug-likeness (QED) is 0.371. The number of thiocyanates is 1. The molecule has 0 aliphatic carbocycles. The summed E-state index contributed by atoms with van der Waals surface area (Å²) in [5.41, 5.74) is 0.750. The van der Waals surface area contributed by atoms with E-state index >= 15 is 0 Å². The fourth-order valence-corrected chi connectivity index (χ4v) is 3.35. The highest BCUT2D eigenvalue weighted by Gasteiger charge is 2.24. The standard InChI is InChI=1S/C14H16FN3O2S2/c1-10(19)17-5-12-6-18(8-20-12)11-2-3-14(13(15)4-11)22-9-21-7-16/h2-4,12H,5-6,8-9H2,1H3,(H,17,19)/t12-/m0/s1. The van der Waals surface area contributed by atoms with E-state index in [0.717, 1.165) is 17.4 Å². The van der Waals surface area contributed by atoms with Crippen LogP contribution in [0, 0.1) is 16.5 Å². The minimum absolute atomic E-state index is 0.0898. The van der Waals surface area contributed by atoms with Crippen LogP contribution in [0.25, 0.3) is 0 Å². The van der Waals surface area contributed by atoms with Gasteiger partial charge >= 0.3 is 0 Å². The van der Waals surface area contributed by atoms with Crippen LogP contribution >= 0.6 is 23.5 Å². The Labute approximate surface area is 137 Å². The van der Waals surface area contributed by atoms with Crippen molar-refractivity contribution < 1.29 is 13.9 Å². The van der Waals surface area contributed by atoms with E-state index in [1.165, 1.54) is 24.8 Å². The van der Waals surface area contributed by atoms with Crippen molar-refractivity contribution in [2.24, 2.45) is 0 Å². The van der Waals surface area contributed by atoms with Crippen molar-refractivity contribution in [1.82, 2.24) is 5.32 Å². The molecule has 0 unspecified atom stereocenters. The lowest BCUT2D eigenvalue weighted by molar-refractivity contribution is -0.119. The van der Waals surface area contributed by atoms with Gasteiger partial charge in [-0.3, -0.25) is 4.79 Å². The maximum atomic E-state index is 14.0. The van der Waals surface area contributed by atoms with Gasteiger partial charge in [-0.2, -0.15) is 5.26 Å². The first kappa shape index (κ1) is 16.9. The first-order chi connectivity index (χ1) is 10.6. The fraction of sp³-hybridized carbons (Fsp3) is 0.429. The number of halogens is 1. The SMILES string of the molecule is CC(=O)NC[C@H]1CN(c2ccc(SCSC#N)c(F)c2)CO1. The second-order valence-corrected chi connectivity index (χ2v) is 6.83. The van der Waals surface area contributed by atoms with Crippen LogP contribution in [0.1, 0.15) is 6.92 Å². The predicted octanol–water partition coefficient (Wildman–Crippen LogP) is 2.39. The molecule has 2 rings (SSSR count). The molecule has 1 aromatic rings. The molecule has 1 aliphatic rings. The lowest BCUT2D eigenvalue weighted by Crippen LogP contribution is -2.33. The number of rotatable bonds is 6. The van der Waals surface area contributed by atoms with Gasteiger partial charge in [0, 0.05) is 30.6 Å². The van der Waals surface area contributed by atoms with Crippen LogP contribution in [0.3, 0.4) is 0 Å². The van der Waals surface area contributed by atoms with Gasteiger partial charge in [0.05, 0.1) is 11.2 Å². The zero-order valence-corrected chi connectivity index (χ0v) is 13.7. The van der Waals surface area contributed by atoms with E-state index in [1.54, 1.807) is 6.07 Å². The molecule has 8 heteroatoms. The number of benzene rings is 1. The number of carbonyl (C=O) groups excluding carboxylic acids is 1. The lowest BCUT2D eigenvalue weighted by Gasteiger charge is -2.17. The molecular formula is C14H16FN3O2S2. The minimum atomic E-state index is -0.300. The van der Waals surface area contributed by atoms with E-state index in [9.17, 15) is 9.18 Å². The summed E-state index contributed by atoms with van der Waals surface area (Å²) in [7, 11) is 0. The number of ether oxygens (including phenoxy) is 1. The highest BCUT2D eigenvalue weighted by atomic mass is 32.2. The van der Waals surface area contributed by atoms with Crippen molar-refractivity contribution in [3.63, 3.8) is 0 Å². The van der Waals surface area contributed by atoms with Gasteiger partial charge in [-0.1, -0.05) is 0 Å². The van der Waals surface area contributed by atoms with E-state index in [-0.39, 0.29) is 17.8 Å². The third kappa shape index (κ3) is 4.80. The summed E-state index contributed by atoms with van der Waals surface area (Å²) < 4.78 is 19.6. The van der Waals surface area contributed by atoms with Crippen LogP contribution in [0.2, 0.25) is 0 Å². The minimum Gasteiger partial charge on any atom is -0.354 e. The van der Waals surface area contributed by atoms with E-state index in [4.69, 9.17) is 10.00 Å². The molecule has 118 valence electrons. The zero-order chi connectivity index (χ0) is 15.9. The van der Waals surface area contributed by atoms with Gasteiger partial charge in [0.1, 0.15) is 17.9 Å². The Kier molecular flexibility index (Phi) is 6.36. The third-order valence-electron chi connectivity index (χ3n) is 3.09. The normalized spacial score (nSPS) is 17.3. The van der Waals surface area contributed by atoms with Gasteiger partial charge in [0.25, 0.3) is 0 Å². The summed E-state index contributed by atoms with van der Waals surface area (Å²) in [6.07, 6.45) is -0.0898. The Morgan fingerprint density at radius 3 is 3.14 bits per heavy atom. The Morgan fingerprint density at radius 2 is 2.45 bits per heavy atom. The van der Waals surface area contributed by atoms with Crippen molar-refractivity contribution in [3.8, 4) is 5.40 Å². The lowest BCUT2D eigenvalue weighted by atomic mass is 10.2. The summed E-state index contributed by atoms with van der Waals surface area (Å²) in [5, 5.41) is 13.6. The number of amides is 1. The average Bonchev–Trinajstić information content (AvgIpc) is 2.96. The van der Waals surface area contributed by atoms with Crippen molar-refractivity contribution in [2.75, 3.05) is 29.8 Å². The number of nitrogens with zero attached hydrogens (tertiary/aromatic N) is 2. The van der Waals surface area contributed by atoms with Crippen LogP contribution in [0.4, 0.5) is 10.1 Å². The maximum absolute atomic E-state index is 14.0. The van der Waals surface area contributed by atoms with Crippen molar-refractivity contribution in [2.45, 2.75) is 17.9 Å². The van der Waals surface area contributed by atoms with E-state index < -0.39 is 0 Å². The van der Waals surface area contributed by atoms with Gasteiger partial charge in [0.2, 0.25) is 5.91 Å². The molecule has 0 spiro atoms. The third-order valence-corrected chi connectivity index (χ3v) is 4.80. The molecule has 1 aromatic carbocycles. The molecule has 1 N–H and O–H groups in total. The molecule has 1 atom stereocenters. The zero-order valence-electron chi connectivity index (χ0n) is 12.0. The Hall–Kier alpha value is -1.43. The molecule has 0 aromatic heterocycles. The molecular weight excluding hydrogens is 325 g/mol. The summed E-state index contributed by atoms with van der Waals surface area (Å²) >= 11 is 2.39. The molecule has 1 saturated heterocycles. The average molecular weight is 341 g/mol. The monoisotopic (exact) mass is 341 g/mol. The summed E-state index contributed by atoms with van der Waals surface area (Å²) in [6, 6.07) is 5.03. The van der Waals surface area contributed by atoms with Crippen LogP contribution in [-0.4, -0.2) is 36.9 Å². The van der Waals surface area contributed by atoms with Crippen molar-refractivity contribution >= 4 is 35.1 Å². The molecule has 1 heterocycles. The molecule has 5 nitrogen and oxygen atoms in total. The van der Waals surface area contributed by atoms with Crippen LogP contribution in [0.5, 0.6) is 0 Å². The molecule has 1 amide bonds. The molecule has 1 aliphatic heterocycles. The second-order valence-electron chi connectivity index (χ2n) is 4.69. The summed E-state index contributed by atoms with van der Waals surface area (Å²) in [6.45, 7) is 2.90. The molecule has 0 bridgehead atoms. The topological polar surface area (TPSA) is 65.4 Å². The first-order valence-electron chi connectivity index (χ1n) is 6.64. The largest absolute Gasteiger partial charge is 0.354 e. The number of thioether (sulfide) groups is 2. The van der Waals surface area contributed by atoms with E-state index in [0.29, 0.717) is 29.8 Å². The van der Waals surface area contributed by atoms with Crippen LogP contribution in [-0.2, 0) is 9.53 Å². The van der Waals surface area contributed by atoms with Gasteiger partial charge in [-0.15, -0.1) is 11.8 Å². The van der Waals surface area contributed by atoms with Gasteiger partial charge in [0.15, 0.2) is 0 Å². The highest BCUT2D eigenvalue weighted by molar-refractivity contribution is 8.18. The first-order valence-corrected chi connectivity index (χ1v) is 8.61. The van der Waals surface area contributed by atoms with Gasteiger partial charge < -0.3 is 15.0 Å². The number of anilines is 1. The number of hydrogen-bond acceptors (Lipinski definition) is 6. The molecule has 22 heavy (non-hydrogen) atoms.